The van der Waals surface area contributed by atoms with E-state index in [0.717, 1.165) is 0 Å². The predicted molar refractivity (Wildman–Crippen MR) is 50.2 cm³/mol. The van der Waals surface area contributed by atoms with E-state index in [2.05, 4.69) is 15.9 Å². The van der Waals surface area contributed by atoms with E-state index in [4.69, 9.17) is 10.8 Å². The third-order valence-electron chi connectivity index (χ3n) is 1.72. The highest BCUT2D eigenvalue weighted by atomic mass is 79.9. The fraction of sp³-hybridized carbons (Fsp3) is 0.125. The molecule has 0 radical (unpaired) electrons. The van der Waals surface area contributed by atoms with Gasteiger partial charge in [-0.2, -0.15) is 0 Å². The Morgan fingerprint density at radius 3 is 2.69 bits per heavy atom. The van der Waals surface area contributed by atoms with Gasteiger partial charge in [-0.05, 0) is 13.0 Å². The summed E-state index contributed by atoms with van der Waals surface area (Å²) in [4.78, 5) is 10.6. The van der Waals surface area contributed by atoms with E-state index in [1.165, 1.54) is 13.0 Å². The van der Waals surface area contributed by atoms with Gasteiger partial charge in [-0.25, -0.2) is 9.18 Å². The predicted octanol–water partition coefficient (Wildman–Crippen LogP) is 2.18. The van der Waals surface area contributed by atoms with Crippen LogP contribution in [0.4, 0.5) is 10.1 Å². The highest BCUT2D eigenvalue weighted by molar-refractivity contribution is 9.10. The zero-order valence-electron chi connectivity index (χ0n) is 6.77. The summed E-state index contributed by atoms with van der Waals surface area (Å²) in [5.41, 5.74) is 5.03. The third-order valence-corrected chi connectivity index (χ3v) is 2.54. The summed E-state index contributed by atoms with van der Waals surface area (Å²) >= 11 is 3.04. The average molecular weight is 248 g/mol. The van der Waals surface area contributed by atoms with Gasteiger partial charge in [0.25, 0.3) is 0 Å². The largest absolute Gasteiger partial charge is 0.478 e. The highest BCUT2D eigenvalue weighted by Gasteiger charge is 2.16. The van der Waals surface area contributed by atoms with Crippen molar-refractivity contribution in [1.29, 1.82) is 0 Å². The molecule has 0 aromatic heterocycles. The second kappa shape index (κ2) is 3.33. The van der Waals surface area contributed by atoms with E-state index in [1.807, 2.05) is 0 Å². The lowest BCUT2D eigenvalue weighted by atomic mass is 10.1. The molecule has 0 amide bonds. The average Bonchev–Trinajstić information content (AvgIpc) is 2.07. The summed E-state index contributed by atoms with van der Waals surface area (Å²) in [5.74, 6) is -1.93. The first-order valence-corrected chi connectivity index (χ1v) is 4.21. The van der Waals surface area contributed by atoms with Crippen LogP contribution in [-0.2, 0) is 0 Å². The van der Waals surface area contributed by atoms with E-state index in [1.54, 1.807) is 0 Å². The van der Waals surface area contributed by atoms with Crippen LogP contribution < -0.4 is 5.73 Å². The molecule has 3 N–H and O–H groups in total. The fourth-order valence-electron chi connectivity index (χ4n) is 0.915. The van der Waals surface area contributed by atoms with Gasteiger partial charge in [0.05, 0.1) is 11.3 Å². The van der Waals surface area contributed by atoms with E-state index in [9.17, 15) is 9.18 Å². The molecular weight excluding hydrogens is 241 g/mol. The van der Waals surface area contributed by atoms with Crippen LogP contribution in [-0.4, -0.2) is 11.1 Å². The molecule has 3 nitrogen and oxygen atoms in total. The van der Waals surface area contributed by atoms with Crippen molar-refractivity contribution in [1.82, 2.24) is 0 Å². The summed E-state index contributed by atoms with van der Waals surface area (Å²) in [6.07, 6.45) is 0. The van der Waals surface area contributed by atoms with Crippen molar-refractivity contribution >= 4 is 27.6 Å². The van der Waals surface area contributed by atoms with Crippen molar-refractivity contribution < 1.29 is 14.3 Å². The molecule has 1 aromatic carbocycles. The van der Waals surface area contributed by atoms with Crippen LogP contribution in [0.25, 0.3) is 0 Å². The number of carbonyl (C=O) groups is 1. The summed E-state index contributed by atoms with van der Waals surface area (Å²) in [7, 11) is 0. The first-order valence-electron chi connectivity index (χ1n) is 3.42. The Morgan fingerprint density at radius 1 is 1.69 bits per heavy atom. The third kappa shape index (κ3) is 1.65. The quantitative estimate of drug-likeness (QED) is 0.748. The van der Waals surface area contributed by atoms with E-state index >= 15 is 0 Å². The Kier molecular flexibility index (Phi) is 2.56. The molecule has 13 heavy (non-hydrogen) atoms. The molecule has 0 atom stereocenters. The molecule has 0 unspecified atom stereocenters. The number of hydrogen-bond donors (Lipinski definition) is 2. The molecule has 0 spiro atoms. The van der Waals surface area contributed by atoms with Crippen LogP contribution >= 0.6 is 15.9 Å². The number of carboxylic acids is 1. The van der Waals surface area contributed by atoms with Gasteiger partial charge in [0, 0.05) is 10.0 Å². The van der Waals surface area contributed by atoms with Gasteiger partial charge in [0.15, 0.2) is 5.82 Å². The van der Waals surface area contributed by atoms with Gasteiger partial charge in [-0.3, -0.25) is 0 Å². The van der Waals surface area contributed by atoms with Crippen LogP contribution in [0.3, 0.4) is 0 Å². The summed E-state index contributed by atoms with van der Waals surface area (Å²) in [6, 6.07) is 1.29. The van der Waals surface area contributed by atoms with Gasteiger partial charge in [-0.15, -0.1) is 0 Å². The van der Waals surface area contributed by atoms with Crippen LogP contribution in [0.5, 0.6) is 0 Å². The van der Waals surface area contributed by atoms with Gasteiger partial charge >= 0.3 is 5.97 Å². The number of anilines is 1. The molecule has 1 aromatic rings. The molecule has 0 aliphatic rings. The molecule has 0 fully saturated rings. The lowest BCUT2D eigenvalue weighted by molar-refractivity contribution is 0.0697. The number of hydrogen-bond acceptors (Lipinski definition) is 2. The highest BCUT2D eigenvalue weighted by Crippen LogP contribution is 2.27. The van der Waals surface area contributed by atoms with Gasteiger partial charge in [-0.1, -0.05) is 15.9 Å². The monoisotopic (exact) mass is 247 g/mol. The van der Waals surface area contributed by atoms with E-state index in [0.29, 0.717) is 10.0 Å². The zero-order valence-corrected chi connectivity index (χ0v) is 8.35. The Morgan fingerprint density at radius 2 is 2.23 bits per heavy atom. The molecule has 1 rings (SSSR count). The zero-order chi connectivity index (χ0) is 10.2. The summed E-state index contributed by atoms with van der Waals surface area (Å²) in [6.45, 7) is 1.52. The number of carboxylic acid groups (broad SMARTS) is 1. The minimum absolute atomic E-state index is 0.227. The van der Waals surface area contributed by atoms with Crippen LogP contribution in [0, 0.1) is 12.7 Å². The van der Waals surface area contributed by atoms with Crippen molar-refractivity contribution in [2.24, 2.45) is 0 Å². The Balaban J connectivity index is 3.50. The SMILES string of the molecule is Cc1c(Br)cc(C(=O)O)c(N)c1F. The van der Waals surface area contributed by atoms with Crippen molar-refractivity contribution in [3.63, 3.8) is 0 Å². The summed E-state index contributed by atoms with van der Waals surface area (Å²) in [5, 5.41) is 8.64. The molecule has 0 aliphatic carbocycles. The van der Waals surface area contributed by atoms with Crippen LogP contribution in [0.15, 0.2) is 10.5 Å². The van der Waals surface area contributed by atoms with E-state index in [-0.39, 0.29) is 11.3 Å². The van der Waals surface area contributed by atoms with E-state index < -0.39 is 11.8 Å². The molecule has 0 bridgehead atoms. The second-order valence-corrected chi connectivity index (χ2v) is 3.42. The van der Waals surface area contributed by atoms with Crippen LogP contribution in [0.2, 0.25) is 0 Å². The smallest absolute Gasteiger partial charge is 0.337 e. The molecule has 5 heteroatoms. The van der Waals surface area contributed by atoms with Crippen molar-refractivity contribution in [3.05, 3.63) is 27.5 Å². The minimum atomic E-state index is -1.24. The Labute approximate surface area is 82.5 Å². The van der Waals surface area contributed by atoms with Crippen molar-refractivity contribution in [2.45, 2.75) is 6.92 Å². The van der Waals surface area contributed by atoms with Gasteiger partial charge in [0.2, 0.25) is 0 Å². The summed E-state index contributed by atoms with van der Waals surface area (Å²) < 4.78 is 13.6. The molecule has 0 saturated carbocycles. The number of rotatable bonds is 1. The molecule has 0 saturated heterocycles. The number of halogens is 2. The maximum absolute atomic E-state index is 13.2. The number of benzene rings is 1. The Bertz CT molecular complexity index is 379. The van der Waals surface area contributed by atoms with Crippen molar-refractivity contribution in [2.75, 3.05) is 5.73 Å². The Hall–Kier alpha value is -1.10. The maximum atomic E-state index is 13.2. The standard InChI is InChI=1S/C8H7BrFNO2/c1-3-5(9)2-4(8(12)13)7(11)6(3)10/h2H,11H2,1H3,(H,12,13). The number of aromatic carboxylic acids is 1. The molecular formula is C8H7BrFNO2. The maximum Gasteiger partial charge on any atom is 0.337 e. The van der Waals surface area contributed by atoms with Gasteiger partial charge in [0.1, 0.15) is 0 Å². The number of nitrogen functional groups attached to an aromatic ring is 1. The molecule has 0 heterocycles. The minimum Gasteiger partial charge on any atom is -0.478 e. The molecule has 0 aliphatic heterocycles. The topological polar surface area (TPSA) is 63.3 Å². The van der Waals surface area contributed by atoms with Crippen molar-refractivity contribution in [3.8, 4) is 0 Å². The van der Waals surface area contributed by atoms with Crippen LogP contribution in [0.1, 0.15) is 15.9 Å². The lowest BCUT2D eigenvalue weighted by Gasteiger charge is -2.06. The first kappa shape index (κ1) is 9.98. The van der Waals surface area contributed by atoms with Gasteiger partial charge < -0.3 is 10.8 Å². The lowest BCUT2D eigenvalue weighted by Crippen LogP contribution is -2.06. The normalized spacial score (nSPS) is 10.1. The number of nitrogens with two attached hydrogens (primary N) is 1. The fourth-order valence-corrected chi connectivity index (χ4v) is 1.32. The molecule has 70 valence electrons. The second-order valence-electron chi connectivity index (χ2n) is 2.56. The first-order chi connectivity index (χ1) is 5.95.